The molecule has 0 aromatic carbocycles. The van der Waals surface area contributed by atoms with E-state index in [4.69, 9.17) is 15.0 Å². The van der Waals surface area contributed by atoms with Crippen LogP contribution in [0.4, 0.5) is 13.2 Å². The molecule has 0 radical (unpaired) electrons. The zero-order chi connectivity index (χ0) is 23.0. The molecular weight excluding hydrogens is 413 g/mol. The molecule has 2 aromatic heterocycles. The molecule has 0 atom stereocenters. The summed E-state index contributed by atoms with van der Waals surface area (Å²) >= 11 is 0. The van der Waals surface area contributed by atoms with Crippen molar-refractivity contribution in [3.05, 3.63) is 40.9 Å². The van der Waals surface area contributed by atoms with Gasteiger partial charge in [-0.25, -0.2) is 4.79 Å². The summed E-state index contributed by atoms with van der Waals surface area (Å²) in [6.07, 6.45) is 2.86. The number of hydrogen-bond donors (Lipinski definition) is 2. The van der Waals surface area contributed by atoms with Crippen LogP contribution in [0.2, 0.25) is 0 Å². The van der Waals surface area contributed by atoms with Crippen molar-refractivity contribution in [1.29, 1.82) is 0 Å². The van der Waals surface area contributed by atoms with E-state index in [-0.39, 0.29) is 11.3 Å². The molecule has 1 aliphatic carbocycles. The first-order valence-corrected chi connectivity index (χ1v) is 9.73. The molecule has 3 heterocycles. The van der Waals surface area contributed by atoms with Gasteiger partial charge in [-0.15, -0.1) is 0 Å². The Balaban J connectivity index is 0.000000339. The number of aromatic nitrogens is 3. The number of alkyl halides is 3. The Morgan fingerprint density at radius 3 is 2.55 bits per heavy atom. The summed E-state index contributed by atoms with van der Waals surface area (Å²) in [5.41, 5.74) is 6.17. The third-order valence-electron chi connectivity index (χ3n) is 4.78. The van der Waals surface area contributed by atoms with Crippen molar-refractivity contribution in [2.45, 2.75) is 46.3 Å². The van der Waals surface area contributed by atoms with E-state index in [1.165, 1.54) is 5.56 Å². The van der Waals surface area contributed by atoms with Crippen molar-refractivity contribution in [3.63, 3.8) is 0 Å². The number of amides is 1. The molecule has 0 unspecified atom stereocenters. The number of carbonyl (C=O) groups excluding carboxylic acids is 1. The highest BCUT2D eigenvalue weighted by atomic mass is 19.4. The van der Waals surface area contributed by atoms with Gasteiger partial charge in [0.05, 0.1) is 17.9 Å². The SMILES string of the molecule is CC(C)(C)C=Cc1cc2c(cn1)CCc1c-2nn2c1C(=O)NCC2.O=C(O)C(F)(F)F. The van der Waals surface area contributed by atoms with Crippen LogP contribution in [0, 0.1) is 5.41 Å². The Labute approximate surface area is 177 Å². The lowest BCUT2D eigenvalue weighted by Gasteiger charge is -2.17. The number of nitrogens with zero attached hydrogens (tertiary/aromatic N) is 3. The van der Waals surface area contributed by atoms with Gasteiger partial charge in [-0.05, 0) is 36.0 Å². The van der Waals surface area contributed by atoms with Crippen LogP contribution in [0.5, 0.6) is 0 Å². The third kappa shape index (κ3) is 5.12. The molecule has 7 nitrogen and oxygen atoms in total. The zero-order valence-corrected chi connectivity index (χ0v) is 17.4. The number of pyridine rings is 1. The maximum absolute atomic E-state index is 12.2. The van der Waals surface area contributed by atoms with Crippen LogP contribution >= 0.6 is 0 Å². The quantitative estimate of drug-likeness (QED) is 0.714. The van der Waals surface area contributed by atoms with Crippen molar-refractivity contribution >= 4 is 18.0 Å². The summed E-state index contributed by atoms with van der Waals surface area (Å²) in [5.74, 6) is -2.76. The van der Waals surface area contributed by atoms with E-state index in [2.05, 4.69) is 49.3 Å². The fourth-order valence-electron chi connectivity index (χ4n) is 3.33. The molecule has 1 aliphatic heterocycles. The molecule has 166 valence electrons. The van der Waals surface area contributed by atoms with E-state index in [1.54, 1.807) is 0 Å². The predicted octanol–water partition coefficient (Wildman–Crippen LogP) is 3.48. The van der Waals surface area contributed by atoms with Gasteiger partial charge in [0.25, 0.3) is 5.91 Å². The smallest absolute Gasteiger partial charge is 0.475 e. The minimum Gasteiger partial charge on any atom is -0.475 e. The predicted molar refractivity (Wildman–Crippen MR) is 107 cm³/mol. The molecule has 4 rings (SSSR count). The lowest BCUT2D eigenvalue weighted by atomic mass is 9.89. The van der Waals surface area contributed by atoms with Crippen molar-refractivity contribution < 1.29 is 27.9 Å². The largest absolute Gasteiger partial charge is 0.490 e. The number of carboxylic acid groups (broad SMARTS) is 1. The average Bonchev–Trinajstić information content (AvgIpc) is 3.06. The summed E-state index contributed by atoms with van der Waals surface area (Å²) in [4.78, 5) is 25.7. The van der Waals surface area contributed by atoms with Crippen LogP contribution in [0.25, 0.3) is 17.3 Å². The summed E-state index contributed by atoms with van der Waals surface area (Å²) in [5, 5.41) is 14.8. The molecule has 1 amide bonds. The Bertz CT molecular complexity index is 1050. The number of nitrogens with one attached hydrogen (secondary N) is 1. The molecule has 2 aliphatic rings. The number of carbonyl (C=O) groups is 2. The van der Waals surface area contributed by atoms with Gasteiger partial charge < -0.3 is 10.4 Å². The van der Waals surface area contributed by atoms with Gasteiger partial charge in [-0.2, -0.15) is 18.3 Å². The molecule has 0 spiro atoms. The van der Waals surface area contributed by atoms with Crippen LogP contribution < -0.4 is 5.32 Å². The van der Waals surface area contributed by atoms with Crippen LogP contribution in [-0.2, 0) is 24.2 Å². The third-order valence-corrected chi connectivity index (χ3v) is 4.78. The molecule has 31 heavy (non-hydrogen) atoms. The van der Waals surface area contributed by atoms with Gasteiger partial charge in [0.2, 0.25) is 0 Å². The van der Waals surface area contributed by atoms with Gasteiger partial charge in [-0.3, -0.25) is 14.5 Å². The first-order chi connectivity index (χ1) is 14.4. The summed E-state index contributed by atoms with van der Waals surface area (Å²) in [6.45, 7) is 7.90. The maximum Gasteiger partial charge on any atom is 0.490 e. The Morgan fingerprint density at radius 1 is 1.26 bits per heavy atom. The molecule has 2 N–H and O–H groups in total. The first kappa shape index (κ1) is 22.5. The second-order valence-electron chi connectivity index (χ2n) is 8.42. The lowest BCUT2D eigenvalue weighted by Crippen LogP contribution is -2.36. The number of halogens is 3. The number of carboxylic acids is 1. The minimum absolute atomic E-state index is 0.000331. The zero-order valence-electron chi connectivity index (χ0n) is 17.4. The average molecular weight is 436 g/mol. The van der Waals surface area contributed by atoms with E-state index < -0.39 is 12.1 Å². The molecule has 0 saturated heterocycles. The second-order valence-corrected chi connectivity index (χ2v) is 8.42. The van der Waals surface area contributed by atoms with Gasteiger partial charge in [-0.1, -0.05) is 26.8 Å². The number of rotatable bonds is 1. The van der Waals surface area contributed by atoms with Gasteiger partial charge >= 0.3 is 12.1 Å². The normalized spacial score (nSPS) is 15.4. The van der Waals surface area contributed by atoms with Crippen molar-refractivity contribution in [2.75, 3.05) is 6.54 Å². The van der Waals surface area contributed by atoms with Crippen molar-refractivity contribution in [2.24, 2.45) is 5.41 Å². The number of aliphatic carboxylic acids is 1. The first-order valence-electron chi connectivity index (χ1n) is 9.73. The highest BCUT2D eigenvalue weighted by Crippen LogP contribution is 2.35. The van der Waals surface area contributed by atoms with E-state index in [0.717, 1.165) is 47.6 Å². The number of hydrogen-bond acceptors (Lipinski definition) is 4. The van der Waals surface area contributed by atoms with Crippen molar-refractivity contribution in [3.8, 4) is 11.3 Å². The van der Waals surface area contributed by atoms with E-state index >= 15 is 0 Å². The van der Waals surface area contributed by atoms with Gasteiger partial charge in [0.15, 0.2) is 0 Å². The summed E-state index contributed by atoms with van der Waals surface area (Å²) < 4.78 is 33.6. The van der Waals surface area contributed by atoms with Crippen molar-refractivity contribution in [1.82, 2.24) is 20.1 Å². The summed E-state index contributed by atoms with van der Waals surface area (Å²) in [6, 6.07) is 2.10. The molecule has 0 fully saturated rings. The Kier molecular flexibility index (Phi) is 5.93. The molecule has 0 saturated carbocycles. The summed E-state index contributed by atoms with van der Waals surface area (Å²) in [7, 11) is 0. The van der Waals surface area contributed by atoms with Gasteiger partial charge in [0, 0.05) is 23.9 Å². The standard InChI is InChI=1S/C19H22N4O.C2HF3O2/c1-19(2,3)7-6-13-10-15-12(11-21-13)4-5-14-16(15)22-23-9-8-20-18(24)17(14)23;3-2(4,5)1(6)7/h6-7,10-11H,4-5,8-9H2,1-3H3,(H,20,24);(H,6,7). The molecule has 10 heteroatoms. The fourth-order valence-corrected chi connectivity index (χ4v) is 3.33. The van der Waals surface area contributed by atoms with Crippen LogP contribution in [0.1, 0.15) is 48.1 Å². The molecule has 2 aromatic rings. The minimum atomic E-state index is -5.08. The maximum atomic E-state index is 12.2. The van der Waals surface area contributed by atoms with E-state index in [9.17, 15) is 18.0 Å². The molecule has 0 bridgehead atoms. The van der Waals surface area contributed by atoms with Crippen LogP contribution in [-0.4, -0.2) is 44.5 Å². The topological polar surface area (TPSA) is 97.1 Å². The highest BCUT2D eigenvalue weighted by Gasteiger charge is 2.38. The van der Waals surface area contributed by atoms with Crippen LogP contribution in [0.15, 0.2) is 18.3 Å². The second kappa shape index (κ2) is 8.16. The number of fused-ring (bicyclic) bond motifs is 5. The number of allylic oxidation sites excluding steroid dienone is 1. The highest BCUT2D eigenvalue weighted by molar-refractivity contribution is 5.97. The fraction of sp³-hybridized carbons (Fsp3) is 0.429. The van der Waals surface area contributed by atoms with Crippen LogP contribution in [0.3, 0.4) is 0 Å². The number of aryl methyl sites for hydroxylation is 1. The van der Waals surface area contributed by atoms with E-state index in [0.29, 0.717) is 6.54 Å². The van der Waals surface area contributed by atoms with Gasteiger partial charge in [0.1, 0.15) is 5.69 Å². The lowest BCUT2D eigenvalue weighted by molar-refractivity contribution is -0.192. The van der Waals surface area contributed by atoms with E-state index in [1.807, 2.05) is 10.9 Å². The molecular formula is C21H23F3N4O3. The monoisotopic (exact) mass is 436 g/mol. The Morgan fingerprint density at radius 2 is 1.94 bits per heavy atom. The Hall–Kier alpha value is -3.17.